The number of nitrogens with zero attached hydrogens (tertiary/aromatic N) is 2. The Balaban J connectivity index is 2.29. The summed E-state index contributed by atoms with van der Waals surface area (Å²) in [6.07, 6.45) is -0.574. The number of hydrogen-bond donors (Lipinski definition) is 0. The SMILES string of the molecule is Bc1ccc(F)c(-c2nc3cc(C)ccc3n2C(=O)OC(C)(C)C)c1. The van der Waals surface area contributed by atoms with Crippen LogP contribution in [0, 0.1) is 12.7 Å². The lowest BCUT2D eigenvalue weighted by molar-refractivity contribution is 0.0546. The van der Waals surface area contributed by atoms with E-state index in [0.717, 1.165) is 11.0 Å². The summed E-state index contributed by atoms with van der Waals surface area (Å²) in [5.74, 6) is -0.182. The fourth-order valence-electron chi connectivity index (χ4n) is 2.67. The molecule has 128 valence electrons. The minimum Gasteiger partial charge on any atom is -0.443 e. The number of ether oxygens (including phenoxy) is 1. The average Bonchev–Trinajstić information content (AvgIpc) is 2.86. The molecule has 0 spiro atoms. The molecule has 0 radical (unpaired) electrons. The average molecular weight is 338 g/mol. The molecule has 0 atom stereocenters. The highest BCUT2D eigenvalue weighted by atomic mass is 19.1. The number of aromatic nitrogens is 2. The molecular weight excluding hydrogens is 318 g/mol. The van der Waals surface area contributed by atoms with Gasteiger partial charge in [-0.25, -0.2) is 18.7 Å². The van der Waals surface area contributed by atoms with E-state index in [-0.39, 0.29) is 11.4 Å². The minimum absolute atomic E-state index is 0.246. The Morgan fingerprint density at radius 3 is 2.60 bits per heavy atom. The Labute approximate surface area is 147 Å². The first kappa shape index (κ1) is 17.2. The van der Waals surface area contributed by atoms with Crippen molar-refractivity contribution in [2.45, 2.75) is 33.3 Å². The van der Waals surface area contributed by atoms with Crippen LogP contribution < -0.4 is 5.46 Å². The lowest BCUT2D eigenvalue weighted by atomic mass is 9.94. The molecule has 3 rings (SSSR count). The van der Waals surface area contributed by atoms with Gasteiger partial charge in [-0.15, -0.1) is 0 Å². The van der Waals surface area contributed by atoms with Gasteiger partial charge in [-0.05, 0) is 51.5 Å². The molecule has 2 aromatic carbocycles. The van der Waals surface area contributed by atoms with Gasteiger partial charge < -0.3 is 4.74 Å². The molecule has 1 heterocycles. The summed E-state index contributed by atoms with van der Waals surface area (Å²) in [6, 6.07) is 10.3. The Hall–Kier alpha value is -2.63. The van der Waals surface area contributed by atoms with Crippen LogP contribution in [-0.2, 0) is 4.74 Å². The molecule has 0 aliphatic heterocycles. The van der Waals surface area contributed by atoms with E-state index < -0.39 is 17.5 Å². The molecule has 3 aromatic rings. The third-order valence-corrected chi connectivity index (χ3v) is 3.75. The number of carbonyl (C=O) groups is 1. The highest BCUT2D eigenvalue weighted by molar-refractivity contribution is 6.32. The van der Waals surface area contributed by atoms with Crippen molar-refractivity contribution in [1.29, 1.82) is 0 Å². The summed E-state index contributed by atoms with van der Waals surface area (Å²) in [7, 11) is 1.87. The van der Waals surface area contributed by atoms with Crippen molar-refractivity contribution < 1.29 is 13.9 Å². The fraction of sp³-hybridized carbons (Fsp3) is 0.263. The van der Waals surface area contributed by atoms with E-state index in [0.29, 0.717) is 11.0 Å². The Bertz CT molecular complexity index is 973. The van der Waals surface area contributed by atoms with E-state index in [4.69, 9.17) is 4.74 Å². The van der Waals surface area contributed by atoms with Gasteiger partial charge in [0.2, 0.25) is 0 Å². The molecule has 1 aromatic heterocycles. The highest BCUT2D eigenvalue weighted by Crippen LogP contribution is 2.28. The Kier molecular flexibility index (Phi) is 4.15. The molecule has 0 saturated heterocycles. The van der Waals surface area contributed by atoms with Crippen molar-refractivity contribution >= 4 is 30.4 Å². The number of fused-ring (bicyclic) bond motifs is 1. The van der Waals surface area contributed by atoms with Crippen molar-refractivity contribution in [3.8, 4) is 11.4 Å². The third kappa shape index (κ3) is 3.43. The molecule has 0 unspecified atom stereocenters. The number of hydrogen-bond acceptors (Lipinski definition) is 3. The van der Waals surface area contributed by atoms with Gasteiger partial charge in [-0.2, -0.15) is 0 Å². The van der Waals surface area contributed by atoms with Gasteiger partial charge in [0.1, 0.15) is 19.3 Å². The molecule has 4 nitrogen and oxygen atoms in total. The summed E-state index contributed by atoms with van der Waals surface area (Å²) in [4.78, 5) is 17.3. The number of carbonyl (C=O) groups excluding carboxylic acids is 1. The molecule has 0 aliphatic carbocycles. The number of rotatable bonds is 1. The predicted octanol–water partition coefficient (Wildman–Crippen LogP) is 3.19. The number of benzene rings is 2. The van der Waals surface area contributed by atoms with Crippen molar-refractivity contribution in [2.75, 3.05) is 0 Å². The van der Waals surface area contributed by atoms with Gasteiger partial charge >= 0.3 is 6.09 Å². The van der Waals surface area contributed by atoms with Gasteiger partial charge in [-0.3, -0.25) is 0 Å². The first-order valence-corrected chi connectivity index (χ1v) is 8.15. The third-order valence-electron chi connectivity index (χ3n) is 3.75. The molecule has 0 saturated carbocycles. The number of imidazole rings is 1. The normalized spacial score (nSPS) is 11.7. The standard InChI is InChI=1S/C19H20BFN2O2/c1-11-5-8-16-15(9-11)22-17(13-10-12(20)6-7-14(13)21)23(16)18(24)25-19(2,3)4/h5-10H,20H2,1-4H3. The number of halogens is 1. The van der Waals surface area contributed by atoms with Crippen molar-refractivity contribution in [3.63, 3.8) is 0 Å². The smallest absolute Gasteiger partial charge is 0.420 e. The molecule has 0 amide bonds. The van der Waals surface area contributed by atoms with Crippen molar-refractivity contribution in [2.24, 2.45) is 0 Å². The van der Waals surface area contributed by atoms with Crippen LogP contribution >= 0.6 is 0 Å². The van der Waals surface area contributed by atoms with Crippen LogP contribution in [0.2, 0.25) is 0 Å². The predicted molar refractivity (Wildman–Crippen MR) is 99.7 cm³/mol. The maximum Gasteiger partial charge on any atom is 0.420 e. The topological polar surface area (TPSA) is 44.1 Å². The zero-order chi connectivity index (χ0) is 18.4. The van der Waals surface area contributed by atoms with E-state index in [9.17, 15) is 9.18 Å². The minimum atomic E-state index is -0.666. The van der Waals surface area contributed by atoms with E-state index >= 15 is 0 Å². The molecule has 0 N–H and O–H groups in total. The van der Waals surface area contributed by atoms with Crippen LogP contribution in [0.5, 0.6) is 0 Å². The molecule has 25 heavy (non-hydrogen) atoms. The first-order chi connectivity index (χ1) is 11.7. The van der Waals surface area contributed by atoms with Crippen LogP contribution in [0.4, 0.5) is 9.18 Å². The summed E-state index contributed by atoms with van der Waals surface area (Å²) in [6.45, 7) is 7.32. The van der Waals surface area contributed by atoms with Gasteiger partial charge in [0, 0.05) is 0 Å². The van der Waals surface area contributed by atoms with Crippen LogP contribution in [0.15, 0.2) is 36.4 Å². The zero-order valence-corrected chi connectivity index (χ0v) is 15.1. The van der Waals surface area contributed by atoms with E-state index in [2.05, 4.69) is 4.98 Å². The van der Waals surface area contributed by atoms with Gasteiger partial charge in [-0.1, -0.05) is 23.7 Å². The number of aryl methyl sites for hydroxylation is 1. The zero-order valence-electron chi connectivity index (χ0n) is 15.1. The van der Waals surface area contributed by atoms with Crippen LogP contribution in [-0.4, -0.2) is 29.1 Å². The van der Waals surface area contributed by atoms with Crippen LogP contribution in [0.1, 0.15) is 26.3 Å². The Morgan fingerprint density at radius 1 is 1.20 bits per heavy atom. The van der Waals surface area contributed by atoms with E-state index in [1.165, 1.54) is 10.6 Å². The second-order valence-electron chi connectivity index (χ2n) is 7.23. The lowest BCUT2D eigenvalue weighted by Crippen LogP contribution is -2.27. The van der Waals surface area contributed by atoms with Gasteiger partial charge in [0.05, 0.1) is 16.6 Å². The van der Waals surface area contributed by atoms with E-state index in [1.807, 2.05) is 26.9 Å². The molecule has 0 bridgehead atoms. The molecule has 0 aliphatic rings. The quantitative estimate of drug-likeness (QED) is 0.640. The lowest BCUT2D eigenvalue weighted by Gasteiger charge is -2.20. The first-order valence-electron chi connectivity index (χ1n) is 8.15. The molecular formula is C19H20BFN2O2. The summed E-state index contributed by atoms with van der Waals surface area (Å²) in [5, 5.41) is 0. The maximum absolute atomic E-state index is 14.4. The van der Waals surface area contributed by atoms with Crippen LogP contribution in [0.3, 0.4) is 0 Å². The Morgan fingerprint density at radius 2 is 1.92 bits per heavy atom. The largest absolute Gasteiger partial charge is 0.443 e. The second kappa shape index (κ2) is 6.03. The van der Waals surface area contributed by atoms with Gasteiger partial charge in [0.15, 0.2) is 5.82 Å². The van der Waals surface area contributed by atoms with Crippen molar-refractivity contribution in [1.82, 2.24) is 9.55 Å². The van der Waals surface area contributed by atoms with Crippen LogP contribution in [0.25, 0.3) is 22.4 Å². The van der Waals surface area contributed by atoms with Gasteiger partial charge in [0.25, 0.3) is 0 Å². The van der Waals surface area contributed by atoms with Crippen molar-refractivity contribution in [3.05, 3.63) is 47.8 Å². The summed E-state index contributed by atoms with van der Waals surface area (Å²) >= 11 is 0. The molecule has 6 heteroatoms. The fourth-order valence-corrected chi connectivity index (χ4v) is 2.67. The summed E-state index contributed by atoms with van der Waals surface area (Å²) < 4.78 is 21.3. The highest BCUT2D eigenvalue weighted by Gasteiger charge is 2.25. The monoisotopic (exact) mass is 338 g/mol. The summed E-state index contributed by atoms with van der Waals surface area (Å²) in [5.41, 5.74) is 2.73. The second-order valence-corrected chi connectivity index (χ2v) is 7.23. The maximum atomic E-state index is 14.4. The molecule has 0 fully saturated rings. The van der Waals surface area contributed by atoms with E-state index in [1.54, 1.807) is 39.0 Å².